The highest BCUT2D eigenvalue weighted by atomic mass is 19.1. The molecule has 4 aromatic heterocycles. The largest absolute Gasteiger partial charge is 0.384 e. The zero-order valence-electron chi connectivity index (χ0n) is 25.2. The molecule has 0 saturated carbocycles. The molecule has 230 valence electrons. The van der Waals surface area contributed by atoms with Crippen molar-refractivity contribution in [2.75, 3.05) is 37.8 Å². The van der Waals surface area contributed by atoms with Crippen LogP contribution in [0.3, 0.4) is 0 Å². The maximum absolute atomic E-state index is 15.3. The normalized spacial score (nSPS) is 11.5. The molecule has 45 heavy (non-hydrogen) atoms. The Morgan fingerprint density at radius 3 is 2.67 bits per heavy atom. The van der Waals surface area contributed by atoms with Gasteiger partial charge in [-0.3, -0.25) is 14.9 Å². The number of nitrogens with zero attached hydrogens (tertiary/aromatic N) is 5. The summed E-state index contributed by atoms with van der Waals surface area (Å²) in [5.41, 5.74) is 5.35. The lowest BCUT2D eigenvalue weighted by Crippen LogP contribution is -2.20. The van der Waals surface area contributed by atoms with Gasteiger partial charge in [0.2, 0.25) is 5.91 Å². The van der Waals surface area contributed by atoms with Crippen molar-refractivity contribution in [2.24, 2.45) is 0 Å². The molecule has 0 unspecified atom stereocenters. The molecule has 0 atom stereocenters. The number of unbranched alkanes of at least 4 members (excludes halogenated alkanes) is 1. The van der Waals surface area contributed by atoms with Gasteiger partial charge in [-0.2, -0.15) is 5.10 Å². The van der Waals surface area contributed by atoms with Crippen molar-refractivity contribution in [1.29, 1.82) is 0 Å². The van der Waals surface area contributed by atoms with Crippen molar-refractivity contribution in [3.05, 3.63) is 72.7 Å². The first kappa shape index (κ1) is 29.8. The zero-order chi connectivity index (χ0) is 31.5. The van der Waals surface area contributed by atoms with Crippen molar-refractivity contribution in [3.63, 3.8) is 0 Å². The molecule has 0 saturated heterocycles. The first-order chi connectivity index (χ1) is 21.8. The summed E-state index contributed by atoms with van der Waals surface area (Å²) in [5.74, 6) is -0.526. The van der Waals surface area contributed by atoms with Crippen LogP contribution in [0.4, 0.5) is 20.2 Å². The quantitative estimate of drug-likeness (QED) is 0.130. The number of H-pyrrole nitrogens is 2. The van der Waals surface area contributed by atoms with E-state index in [1.807, 2.05) is 32.0 Å². The van der Waals surface area contributed by atoms with Gasteiger partial charge in [-0.1, -0.05) is 13.3 Å². The molecule has 4 heterocycles. The van der Waals surface area contributed by atoms with Crippen molar-refractivity contribution in [3.8, 4) is 33.8 Å². The molecular weight excluding hydrogens is 576 g/mol. The van der Waals surface area contributed by atoms with Crippen LogP contribution in [0.15, 0.2) is 61.1 Å². The number of halogens is 2. The van der Waals surface area contributed by atoms with E-state index in [2.05, 4.69) is 40.8 Å². The van der Waals surface area contributed by atoms with Crippen molar-refractivity contribution < 1.29 is 13.6 Å². The molecule has 6 aromatic rings. The van der Waals surface area contributed by atoms with Crippen LogP contribution in [-0.2, 0) is 4.79 Å². The van der Waals surface area contributed by atoms with Crippen LogP contribution >= 0.6 is 0 Å². The number of anilines is 2. The van der Waals surface area contributed by atoms with Gasteiger partial charge in [0.15, 0.2) is 11.5 Å². The molecule has 0 spiro atoms. The van der Waals surface area contributed by atoms with Gasteiger partial charge >= 0.3 is 0 Å². The molecule has 0 fully saturated rings. The van der Waals surface area contributed by atoms with Gasteiger partial charge in [-0.05, 0) is 62.5 Å². The molecule has 0 aliphatic carbocycles. The number of rotatable bonds is 11. The Labute approximate surface area is 258 Å². The Kier molecular flexibility index (Phi) is 8.47. The van der Waals surface area contributed by atoms with Crippen LogP contribution in [0.25, 0.3) is 55.8 Å². The number of aromatic nitrogens is 6. The van der Waals surface area contributed by atoms with Crippen molar-refractivity contribution in [1.82, 2.24) is 35.0 Å². The summed E-state index contributed by atoms with van der Waals surface area (Å²) in [6, 6.07) is 11.4. The maximum Gasteiger partial charge on any atom is 0.224 e. The minimum atomic E-state index is -0.469. The fourth-order valence-electron chi connectivity index (χ4n) is 5.19. The second-order valence-electron chi connectivity index (χ2n) is 11.2. The number of amides is 1. The number of imidazole rings is 1. The SMILES string of the molecule is CCCCC(=O)Nc1cncc(-c2cc3c(-c4nc5nccc(-c6cc(F)cc(NCCN(C)C)c6)c5[nH]4)n[nH]c3cc2F)c1. The molecule has 0 bridgehead atoms. The van der Waals surface area contributed by atoms with Crippen LogP contribution in [0.1, 0.15) is 26.2 Å². The summed E-state index contributed by atoms with van der Waals surface area (Å²) >= 11 is 0. The Hall–Kier alpha value is -5.23. The highest BCUT2D eigenvalue weighted by Gasteiger charge is 2.19. The third-order valence-electron chi connectivity index (χ3n) is 7.45. The molecule has 1 amide bonds. The third-order valence-corrected chi connectivity index (χ3v) is 7.45. The Morgan fingerprint density at radius 2 is 1.84 bits per heavy atom. The van der Waals surface area contributed by atoms with Gasteiger partial charge in [0, 0.05) is 65.7 Å². The van der Waals surface area contributed by atoms with Crippen LogP contribution in [0.2, 0.25) is 0 Å². The minimum absolute atomic E-state index is 0.114. The molecule has 0 radical (unpaired) electrons. The fraction of sp³-hybridized carbons (Fsp3) is 0.242. The first-order valence-corrected chi connectivity index (χ1v) is 14.8. The Bertz CT molecular complexity index is 2000. The summed E-state index contributed by atoms with van der Waals surface area (Å²) < 4.78 is 30.0. The molecule has 0 aliphatic heterocycles. The molecule has 12 heteroatoms. The molecule has 0 aliphatic rings. The Balaban J connectivity index is 1.35. The highest BCUT2D eigenvalue weighted by Crippen LogP contribution is 2.35. The van der Waals surface area contributed by atoms with Crippen LogP contribution in [-0.4, -0.2) is 68.1 Å². The van der Waals surface area contributed by atoms with Gasteiger partial charge in [0.05, 0.1) is 22.9 Å². The lowest BCUT2D eigenvalue weighted by atomic mass is 10.0. The number of likely N-dealkylation sites (N-methyl/N-ethyl adjacent to an activating group) is 1. The number of fused-ring (bicyclic) bond motifs is 2. The van der Waals surface area contributed by atoms with E-state index >= 15 is 4.39 Å². The van der Waals surface area contributed by atoms with E-state index in [1.54, 1.807) is 30.6 Å². The van der Waals surface area contributed by atoms with E-state index in [1.165, 1.54) is 24.4 Å². The molecule has 10 nitrogen and oxygen atoms in total. The first-order valence-electron chi connectivity index (χ1n) is 14.8. The lowest BCUT2D eigenvalue weighted by Gasteiger charge is -2.13. The van der Waals surface area contributed by atoms with Gasteiger partial charge in [0.1, 0.15) is 17.3 Å². The molecular formula is C33H33F2N9O. The minimum Gasteiger partial charge on any atom is -0.384 e. The fourth-order valence-corrected chi connectivity index (χ4v) is 5.19. The van der Waals surface area contributed by atoms with Crippen molar-refractivity contribution >= 4 is 39.3 Å². The summed E-state index contributed by atoms with van der Waals surface area (Å²) in [5, 5.41) is 14.1. The number of nitrogens with one attached hydrogen (secondary N) is 4. The number of hydrogen-bond acceptors (Lipinski definition) is 7. The predicted octanol–water partition coefficient (Wildman–Crippen LogP) is 6.61. The standard InChI is InChI=1S/C33H33F2N9O/c1-4-5-6-29(45)39-23-13-20(17-36-18-23)25-15-26-28(16-27(25)35)42-43-31(26)33-40-30-24(7-8-38-32(30)41-33)19-11-21(34)14-22(12-19)37-9-10-44(2)3/h7-8,11-18,37H,4-6,9-10H2,1-3H3,(H,39,45)(H,42,43)(H,38,40,41). The van der Waals surface area contributed by atoms with E-state index in [9.17, 15) is 9.18 Å². The molecule has 2 aromatic carbocycles. The van der Waals surface area contributed by atoms with Gasteiger partial charge in [-0.25, -0.2) is 18.7 Å². The number of pyridine rings is 2. The summed E-state index contributed by atoms with van der Waals surface area (Å²) in [4.78, 5) is 30.9. The van der Waals surface area contributed by atoms with Crippen molar-refractivity contribution in [2.45, 2.75) is 26.2 Å². The van der Waals surface area contributed by atoms with Crippen LogP contribution in [0, 0.1) is 11.6 Å². The highest BCUT2D eigenvalue weighted by molar-refractivity contribution is 5.98. The van der Waals surface area contributed by atoms with E-state index < -0.39 is 5.82 Å². The summed E-state index contributed by atoms with van der Waals surface area (Å²) in [7, 11) is 3.96. The van der Waals surface area contributed by atoms with Crippen LogP contribution < -0.4 is 10.6 Å². The van der Waals surface area contributed by atoms with Crippen LogP contribution in [0.5, 0.6) is 0 Å². The number of hydrogen-bond donors (Lipinski definition) is 4. The molecule has 6 rings (SSSR count). The third kappa shape index (κ3) is 6.50. The monoisotopic (exact) mass is 609 g/mol. The second kappa shape index (κ2) is 12.8. The topological polar surface area (TPSA) is 128 Å². The maximum atomic E-state index is 15.3. The number of aromatic amines is 2. The second-order valence-corrected chi connectivity index (χ2v) is 11.2. The van der Waals surface area contributed by atoms with E-state index in [0.29, 0.717) is 74.6 Å². The van der Waals surface area contributed by atoms with Gasteiger partial charge in [0.25, 0.3) is 0 Å². The van der Waals surface area contributed by atoms with E-state index in [4.69, 9.17) is 0 Å². The summed E-state index contributed by atoms with van der Waals surface area (Å²) in [6.07, 6.45) is 6.81. The van der Waals surface area contributed by atoms with Gasteiger partial charge in [-0.15, -0.1) is 0 Å². The lowest BCUT2D eigenvalue weighted by molar-refractivity contribution is -0.116. The number of carbonyl (C=O) groups excluding carboxylic acids is 1. The smallest absolute Gasteiger partial charge is 0.224 e. The predicted molar refractivity (Wildman–Crippen MR) is 173 cm³/mol. The summed E-state index contributed by atoms with van der Waals surface area (Å²) in [6.45, 7) is 3.49. The zero-order valence-corrected chi connectivity index (χ0v) is 25.2. The average Bonchev–Trinajstić information content (AvgIpc) is 3.63. The molecule has 4 N–H and O–H groups in total. The Morgan fingerprint density at radius 1 is 1.00 bits per heavy atom. The van der Waals surface area contributed by atoms with E-state index in [0.717, 1.165) is 24.9 Å². The van der Waals surface area contributed by atoms with Gasteiger partial charge < -0.3 is 20.5 Å². The van der Waals surface area contributed by atoms with E-state index in [-0.39, 0.29) is 11.7 Å². The number of carbonyl (C=O) groups is 1. The number of benzene rings is 2. The average molecular weight is 610 g/mol.